The topological polar surface area (TPSA) is 72.0 Å². The zero-order valence-corrected chi connectivity index (χ0v) is 13.7. The van der Waals surface area contributed by atoms with E-state index < -0.39 is 0 Å². The lowest BCUT2D eigenvalue weighted by Crippen LogP contribution is -2.09. The van der Waals surface area contributed by atoms with Crippen molar-refractivity contribution < 1.29 is 4.74 Å². The lowest BCUT2D eigenvalue weighted by atomic mass is 10.3. The van der Waals surface area contributed by atoms with Gasteiger partial charge in [0.25, 0.3) is 0 Å². The van der Waals surface area contributed by atoms with E-state index in [-0.39, 0.29) is 0 Å². The third-order valence-corrected chi connectivity index (χ3v) is 4.06. The lowest BCUT2D eigenvalue weighted by Gasteiger charge is -2.08. The second kappa shape index (κ2) is 7.21. The summed E-state index contributed by atoms with van der Waals surface area (Å²) >= 11 is 1.78. The van der Waals surface area contributed by atoms with Crippen LogP contribution in [0.15, 0.2) is 6.07 Å². The van der Waals surface area contributed by atoms with E-state index in [1.807, 2.05) is 6.92 Å². The van der Waals surface area contributed by atoms with Crippen molar-refractivity contribution in [3.8, 4) is 6.01 Å². The van der Waals surface area contributed by atoms with Crippen molar-refractivity contribution in [3.05, 3.63) is 21.4 Å². The second-order valence-electron chi connectivity index (χ2n) is 4.67. The third kappa shape index (κ3) is 4.29. The van der Waals surface area contributed by atoms with Gasteiger partial charge in [0.15, 0.2) is 0 Å². The third-order valence-electron chi connectivity index (χ3n) is 2.91. The summed E-state index contributed by atoms with van der Waals surface area (Å²) in [5.74, 6) is 1.02. The first kappa shape index (κ1) is 15.5. The van der Waals surface area contributed by atoms with Crippen LogP contribution in [0.2, 0.25) is 0 Å². The average molecular weight is 307 g/mol. The molecule has 0 aliphatic rings. The van der Waals surface area contributed by atoms with Gasteiger partial charge in [-0.05, 0) is 31.9 Å². The van der Waals surface area contributed by atoms with Crippen LogP contribution in [0.25, 0.3) is 0 Å². The Morgan fingerprint density at radius 1 is 1.19 bits per heavy atom. The Balaban J connectivity index is 2.07. The predicted molar refractivity (Wildman–Crippen MR) is 86.3 cm³/mol. The van der Waals surface area contributed by atoms with Crippen LogP contribution >= 0.6 is 11.3 Å². The molecule has 7 heteroatoms. The first-order chi connectivity index (χ1) is 10.1. The number of thiophene rings is 1. The van der Waals surface area contributed by atoms with Crippen LogP contribution in [0.1, 0.15) is 28.7 Å². The van der Waals surface area contributed by atoms with Gasteiger partial charge in [0, 0.05) is 16.8 Å². The van der Waals surface area contributed by atoms with Crippen LogP contribution in [0.4, 0.5) is 11.9 Å². The van der Waals surface area contributed by atoms with Crippen molar-refractivity contribution in [2.45, 2.75) is 33.7 Å². The number of hydrogen-bond donors (Lipinski definition) is 2. The summed E-state index contributed by atoms with van der Waals surface area (Å²) in [6, 6.07) is 2.53. The maximum Gasteiger partial charge on any atom is 0.323 e. The average Bonchev–Trinajstić information content (AvgIpc) is 2.81. The van der Waals surface area contributed by atoms with E-state index in [2.05, 4.69) is 45.5 Å². The summed E-state index contributed by atoms with van der Waals surface area (Å²) in [5.41, 5.74) is 1.32. The van der Waals surface area contributed by atoms with Gasteiger partial charge in [-0.1, -0.05) is 6.92 Å². The molecule has 0 bridgehead atoms. The molecular formula is C14H21N5OS. The van der Waals surface area contributed by atoms with Crippen molar-refractivity contribution in [2.75, 3.05) is 24.3 Å². The maximum absolute atomic E-state index is 5.47. The number of anilines is 2. The molecule has 0 aliphatic carbocycles. The highest BCUT2D eigenvalue weighted by atomic mass is 32.1. The monoisotopic (exact) mass is 307 g/mol. The fourth-order valence-corrected chi connectivity index (χ4v) is 2.70. The Kier molecular flexibility index (Phi) is 5.32. The summed E-state index contributed by atoms with van der Waals surface area (Å²) in [4.78, 5) is 15.3. The van der Waals surface area contributed by atoms with Crippen LogP contribution in [0.3, 0.4) is 0 Å². The summed E-state index contributed by atoms with van der Waals surface area (Å²) in [7, 11) is 1.77. The normalized spacial score (nSPS) is 10.5. The molecule has 0 saturated carbocycles. The standard InChI is InChI=1S/C14H21N5OS/c1-5-6-20-14-18-12(15-4)17-13(19-14)16-8-11-7-9(2)10(3)21-11/h7H,5-6,8H2,1-4H3,(H2,15,16,17,18,19). The van der Waals surface area contributed by atoms with Gasteiger partial charge in [0.2, 0.25) is 11.9 Å². The molecule has 2 rings (SSSR count). The molecule has 0 radical (unpaired) electrons. The molecular weight excluding hydrogens is 286 g/mol. The van der Waals surface area contributed by atoms with Crippen LogP contribution in [-0.4, -0.2) is 28.6 Å². The van der Waals surface area contributed by atoms with Crippen molar-refractivity contribution in [3.63, 3.8) is 0 Å². The number of rotatable bonds is 7. The zero-order valence-electron chi connectivity index (χ0n) is 12.9. The van der Waals surface area contributed by atoms with Gasteiger partial charge in [0.05, 0.1) is 13.2 Å². The minimum Gasteiger partial charge on any atom is -0.463 e. The van der Waals surface area contributed by atoms with E-state index in [9.17, 15) is 0 Å². The quantitative estimate of drug-likeness (QED) is 0.819. The summed E-state index contributed by atoms with van der Waals surface area (Å²) < 4.78 is 5.47. The van der Waals surface area contributed by atoms with Crippen LogP contribution < -0.4 is 15.4 Å². The van der Waals surface area contributed by atoms with Crippen molar-refractivity contribution in [1.82, 2.24) is 15.0 Å². The molecule has 0 aromatic carbocycles. The smallest absolute Gasteiger partial charge is 0.323 e. The van der Waals surface area contributed by atoms with Gasteiger partial charge in [-0.2, -0.15) is 15.0 Å². The van der Waals surface area contributed by atoms with Gasteiger partial charge in [-0.3, -0.25) is 0 Å². The maximum atomic E-state index is 5.47. The molecule has 0 aliphatic heterocycles. The Morgan fingerprint density at radius 3 is 2.57 bits per heavy atom. The number of nitrogens with one attached hydrogen (secondary N) is 2. The summed E-state index contributed by atoms with van der Waals surface area (Å²) in [6.07, 6.45) is 0.914. The van der Waals surface area contributed by atoms with Gasteiger partial charge in [0.1, 0.15) is 0 Å². The Bertz CT molecular complexity index is 580. The molecule has 0 atom stereocenters. The van der Waals surface area contributed by atoms with E-state index in [0.717, 1.165) is 6.42 Å². The van der Waals surface area contributed by atoms with E-state index >= 15 is 0 Å². The molecule has 6 nitrogen and oxygen atoms in total. The molecule has 0 spiro atoms. The highest BCUT2D eigenvalue weighted by Crippen LogP contribution is 2.21. The van der Waals surface area contributed by atoms with E-state index in [0.29, 0.717) is 31.1 Å². The number of ether oxygens (including phenoxy) is 1. The van der Waals surface area contributed by atoms with E-state index in [1.165, 1.54) is 15.3 Å². The van der Waals surface area contributed by atoms with Gasteiger partial charge < -0.3 is 15.4 Å². The number of hydrogen-bond acceptors (Lipinski definition) is 7. The molecule has 114 valence electrons. The number of aromatic nitrogens is 3. The SMILES string of the molecule is CCCOc1nc(NC)nc(NCc2cc(C)c(C)s2)n1. The second-order valence-corrected chi connectivity index (χ2v) is 6.01. The summed E-state index contributed by atoms with van der Waals surface area (Å²) in [5, 5.41) is 6.14. The largest absolute Gasteiger partial charge is 0.463 e. The van der Waals surface area contributed by atoms with Gasteiger partial charge in [-0.25, -0.2) is 0 Å². The van der Waals surface area contributed by atoms with Crippen molar-refractivity contribution >= 4 is 23.2 Å². The molecule has 2 aromatic rings. The fourth-order valence-electron chi connectivity index (χ4n) is 1.71. The van der Waals surface area contributed by atoms with Gasteiger partial charge in [-0.15, -0.1) is 11.3 Å². The minimum atomic E-state index is 0.345. The molecule has 2 aromatic heterocycles. The van der Waals surface area contributed by atoms with E-state index in [1.54, 1.807) is 18.4 Å². The molecule has 2 N–H and O–H groups in total. The molecule has 0 unspecified atom stereocenters. The van der Waals surface area contributed by atoms with Crippen LogP contribution in [0, 0.1) is 13.8 Å². The van der Waals surface area contributed by atoms with Crippen LogP contribution in [0.5, 0.6) is 6.01 Å². The molecule has 0 saturated heterocycles. The Hall–Kier alpha value is -1.89. The molecule has 0 amide bonds. The number of nitrogens with zero attached hydrogens (tertiary/aromatic N) is 3. The zero-order chi connectivity index (χ0) is 15.2. The highest BCUT2D eigenvalue weighted by Gasteiger charge is 2.07. The van der Waals surface area contributed by atoms with Crippen LogP contribution in [-0.2, 0) is 6.54 Å². The molecule has 21 heavy (non-hydrogen) atoms. The first-order valence-corrected chi connectivity index (χ1v) is 7.80. The van der Waals surface area contributed by atoms with Crippen molar-refractivity contribution in [1.29, 1.82) is 0 Å². The fraction of sp³-hybridized carbons (Fsp3) is 0.500. The first-order valence-electron chi connectivity index (χ1n) is 6.98. The predicted octanol–water partition coefficient (Wildman–Crippen LogP) is 2.99. The molecule has 0 fully saturated rings. The molecule has 2 heterocycles. The number of aryl methyl sites for hydroxylation is 2. The lowest BCUT2D eigenvalue weighted by molar-refractivity contribution is 0.292. The minimum absolute atomic E-state index is 0.345. The van der Waals surface area contributed by atoms with Gasteiger partial charge >= 0.3 is 6.01 Å². The Labute approximate surface area is 129 Å². The highest BCUT2D eigenvalue weighted by molar-refractivity contribution is 7.12. The Morgan fingerprint density at radius 2 is 1.95 bits per heavy atom. The van der Waals surface area contributed by atoms with Crippen molar-refractivity contribution in [2.24, 2.45) is 0 Å². The summed E-state index contributed by atoms with van der Waals surface area (Å²) in [6.45, 7) is 7.58. The van der Waals surface area contributed by atoms with E-state index in [4.69, 9.17) is 4.74 Å².